The van der Waals surface area contributed by atoms with Gasteiger partial charge in [0, 0.05) is 12.1 Å². The number of carbonyl (C=O) groups excluding carboxylic acids is 2. The smallest absolute Gasteiger partial charge is 0.295 e. The highest BCUT2D eigenvalue weighted by Crippen LogP contribution is 2.42. The summed E-state index contributed by atoms with van der Waals surface area (Å²) in [7, 11) is 2.99. The molecular formula is C26H22FNO5. The molecule has 1 N–H and O–H groups in total. The Balaban J connectivity index is 1.89. The molecule has 0 bridgehead atoms. The molecule has 0 radical (unpaired) electrons. The second-order valence-corrected chi connectivity index (χ2v) is 7.53. The number of carbonyl (C=O) groups is 2. The Labute approximate surface area is 190 Å². The number of Topliss-reactive ketones (excluding diaryl/α,β-unsaturated/α-hetero) is 1. The summed E-state index contributed by atoms with van der Waals surface area (Å²) in [6, 6.07) is 18.5. The standard InChI is InChI=1S/C26H22FNO5/c1-32-20-13-10-18(14-21(20)33-2)23-22(24(29)17-8-11-19(27)12-9-17)25(30)26(31)28(23)15-16-6-4-3-5-7-16/h3-14,23,29H,15H2,1-2H3/b24-22+. The van der Waals surface area contributed by atoms with Gasteiger partial charge in [0.25, 0.3) is 11.7 Å². The van der Waals surface area contributed by atoms with Crippen LogP contribution in [0.25, 0.3) is 5.76 Å². The Morgan fingerprint density at radius 2 is 1.61 bits per heavy atom. The lowest BCUT2D eigenvalue weighted by atomic mass is 9.94. The van der Waals surface area contributed by atoms with Crippen LogP contribution in [0.2, 0.25) is 0 Å². The first-order valence-corrected chi connectivity index (χ1v) is 10.2. The topological polar surface area (TPSA) is 76.1 Å². The third kappa shape index (κ3) is 4.17. The molecular weight excluding hydrogens is 425 g/mol. The van der Waals surface area contributed by atoms with Crippen molar-refractivity contribution in [3.63, 3.8) is 0 Å². The minimum atomic E-state index is -0.880. The summed E-state index contributed by atoms with van der Waals surface area (Å²) >= 11 is 0. The zero-order valence-corrected chi connectivity index (χ0v) is 18.1. The number of aliphatic hydroxyl groups is 1. The summed E-state index contributed by atoms with van der Waals surface area (Å²) in [5, 5.41) is 11.0. The number of rotatable bonds is 6. The largest absolute Gasteiger partial charge is 0.507 e. The maximum Gasteiger partial charge on any atom is 0.295 e. The van der Waals surface area contributed by atoms with Gasteiger partial charge in [-0.3, -0.25) is 9.59 Å². The fraction of sp³-hybridized carbons (Fsp3) is 0.154. The molecule has 1 atom stereocenters. The van der Waals surface area contributed by atoms with E-state index < -0.39 is 23.5 Å². The van der Waals surface area contributed by atoms with Gasteiger partial charge in [-0.25, -0.2) is 4.39 Å². The van der Waals surface area contributed by atoms with Crippen molar-refractivity contribution in [1.82, 2.24) is 4.90 Å². The lowest BCUT2D eigenvalue weighted by molar-refractivity contribution is -0.140. The summed E-state index contributed by atoms with van der Waals surface area (Å²) in [5.74, 6) is -1.49. The molecule has 1 amide bonds. The first kappa shape index (κ1) is 22.1. The van der Waals surface area contributed by atoms with Crippen molar-refractivity contribution < 1.29 is 28.6 Å². The van der Waals surface area contributed by atoms with Crippen LogP contribution in [0.4, 0.5) is 4.39 Å². The zero-order valence-electron chi connectivity index (χ0n) is 18.1. The van der Waals surface area contributed by atoms with Gasteiger partial charge in [-0.15, -0.1) is 0 Å². The summed E-state index contributed by atoms with van der Waals surface area (Å²) in [5.41, 5.74) is 1.55. The Hall–Kier alpha value is -4.13. The fourth-order valence-corrected chi connectivity index (χ4v) is 3.96. The molecule has 1 aliphatic rings. The molecule has 3 aromatic rings. The number of ketones is 1. The normalized spacial score (nSPS) is 17.3. The van der Waals surface area contributed by atoms with Crippen LogP contribution in [0, 0.1) is 5.82 Å². The maximum atomic E-state index is 13.4. The molecule has 1 fully saturated rings. The van der Waals surface area contributed by atoms with Crippen molar-refractivity contribution >= 4 is 17.4 Å². The summed E-state index contributed by atoms with van der Waals surface area (Å²) < 4.78 is 24.1. The van der Waals surface area contributed by atoms with Gasteiger partial charge in [-0.2, -0.15) is 0 Å². The van der Waals surface area contributed by atoms with Gasteiger partial charge in [0.1, 0.15) is 11.6 Å². The Morgan fingerprint density at radius 3 is 2.24 bits per heavy atom. The number of amides is 1. The summed E-state index contributed by atoms with van der Waals surface area (Å²) in [6.45, 7) is 0.157. The van der Waals surface area contributed by atoms with Crippen molar-refractivity contribution in [2.24, 2.45) is 0 Å². The van der Waals surface area contributed by atoms with Gasteiger partial charge < -0.3 is 19.5 Å². The molecule has 6 nitrogen and oxygen atoms in total. The highest BCUT2D eigenvalue weighted by atomic mass is 19.1. The molecule has 0 saturated carbocycles. The molecule has 1 saturated heterocycles. The average Bonchev–Trinajstić information content (AvgIpc) is 3.09. The number of methoxy groups -OCH3 is 2. The van der Waals surface area contributed by atoms with Gasteiger partial charge >= 0.3 is 0 Å². The quantitative estimate of drug-likeness (QED) is 0.343. The monoisotopic (exact) mass is 447 g/mol. The van der Waals surface area contributed by atoms with E-state index in [1.54, 1.807) is 18.2 Å². The van der Waals surface area contributed by atoms with E-state index in [4.69, 9.17) is 9.47 Å². The van der Waals surface area contributed by atoms with E-state index in [1.807, 2.05) is 30.3 Å². The molecule has 1 unspecified atom stereocenters. The summed E-state index contributed by atoms with van der Waals surface area (Å²) in [4.78, 5) is 27.6. The van der Waals surface area contributed by atoms with Gasteiger partial charge in [0.2, 0.25) is 0 Å². The Morgan fingerprint density at radius 1 is 0.939 bits per heavy atom. The molecule has 1 heterocycles. The minimum Gasteiger partial charge on any atom is -0.507 e. The van der Waals surface area contributed by atoms with E-state index in [9.17, 15) is 19.1 Å². The zero-order chi connectivity index (χ0) is 23.5. The van der Waals surface area contributed by atoms with Crippen molar-refractivity contribution in [3.05, 3.63) is 101 Å². The predicted octanol–water partition coefficient (Wildman–Crippen LogP) is 4.46. The van der Waals surface area contributed by atoms with E-state index >= 15 is 0 Å². The van der Waals surface area contributed by atoms with Crippen molar-refractivity contribution in [2.75, 3.05) is 14.2 Å². The molecule has 0 aromatic heterocycles. The van der Waals surface area contributed by atoms with Gasteiger partial charge in [-0.1, -0.05) is 36.4 Å². The second-order valence-electron chi connectivity index (χ2n) is 7.53. The van der Waals surface area contributed by atoms with Crippen LogP contribution >= 0.6 is 0 Å². The van der Waals surface area contributed by atoms with Crippen LogP contribution in [0.5, 0.6) is 11.5 Å². The second kappa shape index (κ2) is 9.16. The van der Waals surface area contributed by atoms with Crippen LogP contribution < -0.4 is 9.47 Å². The van der Waals surface area contributed by atoms with Crippen LogP contribution in [-0.4, -0.2) is 35.9 Å². The molecule has 0 spiro atoms. The number of hydrogen-bond donors (Lipinski definition) is 1. The molecule has 4 rings (SSSR count). The minimum absolute atomic E-state index is 0.0743. The number of ether oxygens (including phenoxy) is 2. The first-order chi connectivity index (χ1) is 15.9. The fourth-order valence-electron chi connectivity index (χ4n) is 3.96. The van der Waals surface area contributed by atoms with E-state index in [1.165, 1.54) is 43.4 Å². The lowest BCUT2D eigenvalue weighted by Gasteiger charge is -2.26. The van der Waals surface area contributed by atoms with Crippen LogP contribution in [0.15, 0.2) is 78.4 Å². The summed E-state index contributed by atoms with van der Waals surface area (Å²) in [6.07, 6.45) is 0. The van der Waals surface area contributed by atoms with Gasteiger partial charge in [0.05, 0.1) is 25.8 Å². The van der Waals surface area contributed by atoms with E-state index in [2.05, 4.69) is 0 Å². The highest BCUT2D eigenvalue weighted by Gasteiger charge is 2.46. The third-order valence-corrected chi connectivity index (χ3v) is 5.58. The molecule has 1 aliphatic heterocycles. The molecule has 33 heavy (non-hydrogen) atoms. The lowest BCUT2D eigenvalue weighted by Crippen LogP contribution is -2.29. The SMILES string of the molecule is COc1ccc(C2/C(=C(\O)c3ccc(F)cc3)C(=O)C(=O)N2Cc2ccccc2)cc1OC. The number of hydrogen-bond acceptors (Lipinski definition) is 5. The molecule has 7 heteroatoms. The van der Waals surface area contributed by atoms with Crippen molar-refractivity contribution in [3.8, 4) is 11.5 Å². The number of halogens is 1. The maximum absolute atomic E-state index is 13.4. The van der Waals surface area contributed by atoms with Gasteiger partial charge in [-0.05, 0) is 47.5 Å². The molecule has 3 aromatic carbocycles. The van der Waals surface area contributed by atoms with E-state index in [-0.39, 0.29) is 23.4 Å². The molecule has 168 valence electrons. The predicted molar refractivity (Wildman–Crippen MR) is 120 cm³/mol. The first-order valence-electron chi connectivity index (χ1n) is 10.2. The Kier molecular flexibility index (Phi) is 6.13. The van der Waals surface area contributed by atoms with E-state index in [0.29, 0.717) is 17.1 Å². The number of likely N-dealkylation sites (tertiary alicyclic amines) is 1. The van der Waals surface area contributed by atoms with Gasteiger partial charge in [0.15, 0.2) is 11.5 Å². The van der Waals surface area contributed by atoms with Crippen molar-refractivity contribution in [2.45, 2.75) is 12.6 Å². The third-order valence-electron chi connectivity index (χ3n) is 5.58. The van der Waals surface area contributed by atoms with Crippen molar-refractivity contribution in [1.29, 1.82) is 0 Å². The Bertz CT molecular complexity index is 1220. The average molecular weight is 447 g/mol. The van der Waals surface area contributed by atoms with Crippen LogP contribution in [0.1, 0.15) is 22.7 Å². The number of aliphatic hydroxyl groups excluding tert-OH is 1. The number of benzene rings is 3. The van der Waals surface area contributed by atoms with Crippen LogP contribution in [-0.2, 0) is 16.1 Å². The van der Waals surface area contributed by atoms with E-state index in [0.717, 1.165) is 5.56 Å². The highest BCUT2D eigenvalue weighted by molar-refractivity contribution is 6.46. The van der Waals surface area contributed by atoms with Crippen LogP contribution in [0.3, 0.4) is 0 Å². The number of nitrogens with zero attached hydrogens (tertiary/aromatic N) is 1. The molecule has 0 aliphatic carbocycles.